The van der Waals surface area contributed by atoms with Gasteiger partial charge in [-0.05, 0) is 18.9 Å². The van der Waals surface area contributed by atoms with E-state index in [4.69, 9.17) is 0 Å². The normalized spacial score (nSPS) is 11.6. The van der Waals surface area contributed by atoms with Crippen molar-refractivity contribution >= 4 is 12.3 Å². The van der Waals surface area contributed by atoms with E-state index in [0.717, 1.165) is 6.42 Å². The summed E-state index contributed by atoms with van der Waals surface area (Å²) in [7, 11) is 0. The Hall–Kier alpha value is -1.84. The van der Waals surface area contributed by atoms with Crippen LogP contribution in [0.3, 0.4) is 0 Å². The van der Waals surface area contributed by atoms with E-state index < -0.39 is 0 Å². The van der Waals surface area contributed by atoms with Gasteiger partial charge in [0.05, 0.1) is 6.54 Å². The molecule has 0 saturated carbocycles. The topological polar surface area (TPSA) is 58.2 Å². The lowest BCUT2D eigenvalue weighted by molar-refractivity contribution is -0.122. The second-order valence-corrected chi connectivity index (χ2v) is 3.66. The lowest BCUT2D eigenvalue weighted by atomic mass is 10.1. The third-order valence-electron chi connectivity index (χ3n) is 2.14. The monoisotopic (exact) mass is 220 g/mol. The van der Waals surface area contributed by atoms with Crippen molar-refractivity contribution in [1.82, 2.24) is 10.6 Å². The van der Waals surface area contributed by atoms with Gasteiger partial charge in [0.25, 0.3) is 0 Å². The summed E-state index contributed by atoms with van der Waals surface area (Å²) in [5, 5.41) is 5.13. The third-order valence-corrected chi connectivity index (χ3v) is 2.14. The number of benzene rings is 1. The summed E-state index contributed by atoms with van der Waals surface area (Å²) in [6.45, 7) is 1.97. The van der Waals surface area contributed by atoms with Gasteiger partial charge in [0, 0.05) is 6.04 Å². The number of rotatable bonds is 6. The molecule has 86 valence electrons. The zero-order chi connectivity index (χ0) is 11.8. The van der Waals surface area contributed by atoms with E-state index in [1.165, 1.54) is 5.56 Å². The standard InChI is InChI=1S/C12H16N2O2/c1-10(14-12(16)8-13-9-15)7-11-5-3-2-4-6-11/h2-6,9-10H,7-8H2,1H3,(H,13,15)(H,14,16)/t10-/m1/s1. The number of nitrogens with one attached hydrogen (secondary N) is 2. The van der Waals surface area contributed by atoms with E-state index in [-0.39, 0.29) is 18.5 Å². The summed E-state index contributed by atoms with van der Waals surface area (Å²) in [6.07, 6.45) is 1.30. The van der Waals surface area contributed by atoms with Crippen LogP contribution in [0, 0.1) is 0 Å². The predicted octanol–water partition coefficient (Wildman–Crippen LogP) is 0.480. The summed E-state index contributed by atoms with van der Waals surface area (Å²) in [5.41, 5.74) is 1.18. The molecule has 0 aliphatic rings. The molecule has 0 heterocycles. The first-order chi connectivity index (χ1) is 7.72. The Kier molecular flexibility index (Phi) is 5.05. The molecule has 0 saturated heterocycles. The summed E-state index contributed by atoms with van der Waals surface area (Å²) in [4.78, 5) is 21.3. The van der Waals surface area contributed by atoms with Crippen LogP contribution in [-0.4, -0.2) is 24.9 Å². The predicted molar refractivity (Wildman–Crippen MR) is 61.8 cm³/mol. The van der Waals surface area contributed by atoms with Gasteiger partial charge in [-0.1, -0.05) is 30.3 Å². The molecule has 1 rings (SSSR count). The van der Waals surface area contributed by atoms with Crippen molar-refractivity contribution in [3.63, 3.8) is 0 Å². The molecule has 4 heteroatoms. The van der Waals surface area contributed by atoms with Crippen LogP contribution < -0.4 is 10.6 Å². The van der Waals surface area contributed by atoms with Gasteiger partial charge in [0.1, 0.15) is 0 Å². The first-order valence-electron chi connectivity index (χ1n) is 5.22. The molecule has 1 atom stereocenters. The van der Waals surface area contributed by atoms with E-state index in [0.29, 0.717) is 6.41 Å². The van der Waals surface area contributed by atoms with E-state index in [1.54, 1.807) is 0 Å². The summed E-state index contributed by atoms with van der Waals surface area (Å²) < 4.78 is 0. The van der Waals surface area contributed by atoms with Crippen molar-refractivity contribution in [2.75, 3.05) is 6.54 Å². The smallest absolute Gasteiger partial charge is 0.239 e. The van der Waals surface area contributed by atoms with Crippen molar-refractivity contribution in [2.45, 2.75) is 19.4 Å². The maximum absolute atomic E-state index is 11.3. The second-order valence-electron chi connectivity index (χ2n) is 3.66. The van der Waals surface area contributed by atoms with E-state index >= 15 is 0 Å². The van der Waals surface area contributed by atoms with Crippen molar-refractivity contribution in [2.24, 2.45) is 0 Å². The molecule has 0 aromatic heterocycles. The molecule has 1 aromatic carbocycles. The Morgan fingerprint density at radius 2 is 2.06 bits per heavy atom. The van der Waals surface area contributed by atoms with Gasteiger partial charge in [-0.2, -0.15) is 0 Å². The van der Waals surface area contributed by atoms with Crippen LogP contribution in [0.2, 0.25) is 0 Å². The molecule has 2 N–H and O–H groups in total. The second kappa shape index (κ2) is 6.61. The van der Waals surface area contributed by atoms with Gasteiger partial charge >= 0.3 is 0 Å². The van der Waals surface area contributed by atoms with E-state index in [9.17, 15) is 9.59 Å². The molecule has 0 bridgehead atoms. The maximum atomic E-state index is 11.3. The van der Waals surface area contributed by atoms with Crippen molar-refractivity contribution in [3.8, 4) is 0 Å². The molecule has 0 spiro atoms. The molecule has 0 radical (unpaired) electrons. The first kappa shape index (κ1) is 12.2. The van der Waals surface area contributed by atoms with E-state index in [2.05, 4.69) is 10.6 Å². The molecule has 0 unspecified atom stereocenters. The largest absolute Gasteiger partial charge is 0.352 e. The minimum atomic E-state index is -0.171. The highest BCUT2D eigenvalue weighted by Crippen LogP contribution is 2.02. The maximum Gasteiger partial charge on any atom is 0.239 e. The third kappa shape index (κ3) is 4.59. The molecule has 0 aliphatic heterocycles. The quantitative estimate of drug-likeness (QED) is 0.685. The molecular weight excluding hydrogens is 204 g/mol. The van der Waals surface area contributed by atoms with Gasteiger partial charge in [0.15, 0.2) is 0 Å². The number of amides is 2. The molecule has 0 aliphatic carbocycles. The van der Waals surface area contributed by atoms with Crippen LogP contribution >= 0.6 is 0 Å². The first-order valence-corrected chi connectivity index (χ1v) is 5.22. The highest BCUT2D eigenvalue weighted by atomic mass is 16.2. The Labute approximate surface area is 95.0 Å². The highest BCUT2D eigenvalue weighted by molar-refractivity contribution is 5.80. The van der Waals surface area contributed by atoms with Crippen LogP contribution in [-0.2, 0) is 16.0 Å². The molecular formula is C12H16N2O2. The molecule has 4 nitrogen and oxygen atoms in total. The van der Waals surface area contributed by atoms with Crippen molar-refractivity contribution in [3.05, 3.63) is 35.9 Å². The zero-order valence-electron chi connectivity index (χ0n) is 9.27. The Morgan fingerprint density at radius 1 is 1.38 bits per heavy atom. The number of hydrogen-bond acceptors (Lipinski definition) is 2. The van der Waals surface area contributed by atoms with E-state index in [1.807, 2.05) is 37.3 Å². The summed E-state index contributed by atoms with van der Waals surface area (Å²) in [5.74, 6) is -0.171. The van der Waals surface area contributed by atoms with Crippen LogP contribution in [0.1, 0.15) is 12.5 Å². The van der Waals surface area contributed by atoms with Crippen LogP contribution in [0.15, 0.2) is 30.3 Å². The minimum Gasteiger partial charge on any atom is -0.352 e. The van der Waals surface area contributed by atoms with Crippen molar-refractivity contribution < 1.29 is 9.59 Å². The van der Waals surface area contributed by atoms with Crippen LogP contribution in [0.4, 0.5) is 0 Å². The van der Waals surface area contributed by atoms with Gasteiger partial charge in [-0.25, -0.2) is 0 Å². The Balaban J connectivity index is 2.33. The minimum absolute atomic E-state index is 0.0304. The van der Waals surface area contributed by atoms with Crippen molar-refractivity contribution in [1.29, 1.82) is 0 Å². The van der Waals surface area contributed by atoms with Gasteiger partial charge in [-0.15, -0.1) is 0 Å². The van der Waals surface area contributed by atoms with Gasteiger partial charge in [0.2, 0.25) is 12.3 Å². The van der Waals surface area contributed by atoms with Crippen LogP contribution in [0.5, 0.6) is 0 Å². The lowest BCUT2D eigenvalue weighted by Gasteiger charge is -2.13. The number of hydrogen-bond donors (Lipinski definition) is 2. The van der Waals surface area contributed by atoms with Crippen LogP contribution in [0.25, 0.3) is 0 Å². The number of carbonyl (C=O) groups excluding carboxylic acids is 2. The average molecular weight is 220 g/mol. The Morgan fingerprint density at radius 3 is 2.69 bits per heavy atom. The fourth-order valence-electron chi connectivity index (χ4n) is 1.48. The average Bonchev–Trinajstić information content (AvgIpc) is 2.27. The fourth-order valence-corrected chi connectivity index (χ4v) is 1.48. The summed E-state index contributed by atoms with van der Waals surface area (Å²) in [6, 6.07) is 10.00. The highest BCUT2D eigenvalue weighted by Gasteiger charge is 2.06. The summed E-state index contributed by atoms with van der Waals surface area (Å²) >= 11 is 0. The lowest BCUT2D eigenvalue weighted by Crippen LogP contribution is -2.39. The Bertz CT molecular complexity index is 338. The SMILES string of the molecule is C[C@H](Cc1ccccc1)NC(=O)CNC=O. The molecule has 1 aromatic rings. The number of carbonyl (C=O) groups is 2. The van der Waals surface area contributed by atoms with Gasteiger partial charge < -0.3 is 10.6 Å². The molecule has 2 amide bonds. The fraction of sp³-hybridized carbons (Fsp3) is 0.333. The molecule has 0 fully saturated rings. The van der Waals surface area contributed by atoms with Gasteiger partial charge in [-0.3, -0.25) is 9.59 Å². The molecule has 16 heavy (non-hydrogen) atoms. The zero-order valence-corrected chi connectivity index (χ0v) is 9.27.